The molecular weight excluding hydrogens is 268 g/mol. The van der Waals surface area contributed by atoms with Crippen molar-refractivity contribution in [1.82, 2.24) is 5.32 Å². The summed E-state index contributed by atoms with van der Waals surface area (Å²) in [7, 11) is 0. The molecule has 1 atom stereocenters. The van der Waals surface area contributed by atoms with Crippen LogP contribution in [0.3, 0.4) is 0 Å². The van der Waals surface area contributed by atoms with Crippen molar-refractivity contribution in [2.75, 3.05) is 6.54 Å². The second-order valence-corrected chi connectivity index (χ2v) is 6.87. The largest absolute Gasteiger partial charge is 0.481 e. The lowest BCUT2D eigenvalue weighted by Gasteiger charge is -2.39. The van der Waals surface area contributed by atoms with Crippen molar-refractivity contribution in [3.8, 4) is 0 Å². The van der Waals surface area contributed by atoms with E-state index < -0.39 is 16.9 Å². The molecule has 0 saturated carbocycles. The van der Waals surface area contributed by atoms with E-state index in [4.69, 9.17) is 5.73 Å². The Labute approximate surface area is 128 Å². The maximum Gasteiger partial charge on any atom is 0.311 e. The molecule has 0 aromatic heterocycles. The summed E-state index contributed by atoms with van der Waals surface area (Å²) in [6, 6.07) is 0. The molecule has 0 rings (SSSR count). The molecule has 0 aliphatic carbocycles. The first-order chi connectivity index (χ1) is 9.58. The van der Waals surface area contributed by atoms with Crippen LogP contribution in [0.25, 0.3) is 0 Å². The molecule has 0 aromatic rings. The zero-order chi connectivity index (χ0) is 16.7. The lowest BCUT2D eigenvalue weighted by molar-refractivity contribution is -0.151. The number of hydrogen-bond donors (Lipinski definition) is 3. The molecule has 0 bridgehead atoms. The van der Waals surface area contributed by atoms with Crippen molar-refractivity contribution in [3.05, 3.63) is 0 Å². The highest BCUT2D eigenvalue weighted by Crippen LogP contribution is 2.31. The molecule has 5 heteroatoms. The first-order valence-electron chi connectivity index (χ1n) is 7.83. The predicted octanol–water partition coefficient (Wildman–Crippen LogP) is 2.54. The van der Waals surface area contributed by atoms with E-state index in [-0.39, 0.29) is 5.91 Å². The third kappa shape index (κ3) is 6.04. The zero-order valence-corrected chi connectivity index (χ0v) is 14.2. The summed E-state index contributed by atoms with van der Waals surface area (Å²) in [4.78, 5) is 23.4. The van der Waals surface area contributed by atoms with Gasteiger partial charge in [-0.15, -0.1) is 0 Å². The van der Waals surface area contributed by atoms with Gasteiger partial charge in [-0.25, -0.2) is 0 Å². The van der Waals surface area contributed by atoms with Crippen LogP contribution in [-0.2, 0) is 9.59 Å². The Kier molecular flexibility index (Phi) is 7.93. The van der Waals surface area contributed by atoms with Gasteiger partial charge in [0.1, 0.15) is 0 Å². The van der Waals surface area contributed by atoms with Crippen molar-refractivity contribution in [1.29, 1.82) is 0 Å². The molecule has 0 aromatic carbocycles. The number of carboxylic acids is 1. The molecule has 0 spiro atoms. The van der Waals surface area contributed by atoms with E-state index in [0.717, 1.165) is 25.7 Å². The Balaban J connectivity index is 4.51. The molecule has 21 heavy (non-hydrogen) atoms. The Morgan fingerprint density at radius 3 is 2.14 bits per heavy atom. The van der Waals surface area contributed by atoms with Crippen LogP contribution in [0.5, 0.6) is 0 Å². The molecule has 1 unspecified atom stereocenters. The van der Waals surface area contributed by atoms with Crippen LogP contribution in [0.4, 0.5) is 0 Å². The van der Waals surface area contributed by atoms with Crippen LogP contribution < -0.4 is 11.1 Å². The maximum absolute atomic E-state index is 12.1. The molecule has 0 radical (unpaired) electrons. The summed E-state index contributed by atoms with van der Waals surface area (Å²) in [6.45, 7) is 9.53. The number of carboxylic acid groups (broad SMARTS) is 1. The Hall–Kier alpha value is -1.10. The van der Waals surface area contributed by atoms with Crippen LogP contribution in [0.1, 0.15) is 66.7 Å². The second kappa shape index (κ2) is 8.37. The van der Waals surface area contributed by atoms with Crippen LogP contribution in [-0.4, -0.2) is 29.1 Å². The molecule has 124 valence electrons. The lowest BCUT2D eigenvalue weighted by atomic mass is 9.74. The number of nitrogens with one attached hydrogen (secondary N) is 1. The molecule has 0 saturated heterocycles. The summed E-state index contributed by atoms with van der Waals surface area (Å²) in [5, 5.41) is 12.1. The van der Waals surface area contributed by atoms with Gasteiger partial charge in [-0.05, 0) is 53.0 Å². The summed E-state index contributed by atoms with van der Waals surface area (Å²) in [5.41, 5.74) is 3.77. The van der Waals surface area contributed by atoms with Crippen molar-refractivity contribution < 1.29 is 14.7 Å². The van der Waals surface area contributed by atoms with Crippen LogP contribution in [0.15, 0.2) is 0 Å². The molecule has 0 fully saturated rings. The average molecular weight is 300 g/mol. The highest BCUT2D eigenvalue weighted by molar-refractivity contribution is 5.80. The first kappa shape index (κ1) is 19.9. The summed E-state index contributed by atoms with van der Waals surface area (Å²) < 4.78 is 0. The topological polar surface area (TPSA) is 92.4 Å². The molecule has 0 aliphatic rings. The van der Waals surface area contributed by atoms with Gasteiger partial charge in [0.25, 0.3) is 0 Å². The van der Waals surface area contributed by atoms with Gasteiger partial charge in [-0.3, -0.25) is 9.59 Å². The first-order valence-corrected chi connectivity index (χ1v) is 7.83. The van der Waals surface area contributed by atoms with Gasteiger partial charge in [0.05, 0.1) is 5.41 Å². The summed E-state index contributed by atoms with van der Waals surface area (Å²) >= 11 is 0. The molecular formula is C16H32N2O3. The van der Waals surface area contributed by atoms with Gasteiger partial charge in [0.2, 0.25) is 5.91 Å². The number of nitrogens with two attached hydrogens (primary N) is 1. The van der Waals surface area contributed by atoms with E-state index in [1.165, 1.54) is 0 Å². The smallest absolute Gasteiger partial charge is 0.311 e. The highest BCUT2D eigenvalue weighted by atomic mass is 16.4. The number of carbonyl (C=O) groups is 2. The lowest BCUT2D eigenvalue weighted by Crippen LogP contribution is -2.56. The SMILES string of the molecule is CCCC(CCN)CCC(=O)NC(C)(C)C(C)(C)C(=O)O. The minimum Gasteiger partial charge on any atom is -0.481 e. The monoisotopic (exact) mass is 300 g/mol. The quantitative estimate of drug-likeness (QED) is 0.578. The van der Waals surface area contributed by atoms with Gasteiger partial charge >= 0.3 is 5.97 Å². The van der Waals surface area contributed by atoms with E-state index in [2.05, 4.69) is 12.2 Å². The molecule has 1 amide bonds. The van der Waals surface area contributed by atoms with Crippen LogP contribution >= 0.6 is 0 Å². The minimum atomic E-state index is -1.03. The fraction of sp³-hybridized carbons (Fsp3) is 0.875. The molecule has 5 nitrogen and oxygen atoms in total. The van der Waals surface area contributed by atoms with Crippen molar-refractivity contribution in [2.24, 2.45) is 17.1 Å². The average Bonchev–Trinajstić information content (AvgIpc) is 2.35. The third-order valence-corrected chi connectivity index (χ3v) is 4.60. The highest BCUT2D eigenvalue weighted by Gasteiger charge is 2.44. The molecule has 4 N–H and O–H groups in total. The van der Waals surface area contributed by atoms with Gasteiger partial charge in [-0.2, -0.15) is 0 Å². The van der Waals surface area contributed by atoms with E-state index >= 15 is 0 Å². The normalized spacial score (nSPS) is 13.8. The fourth-order valence-corrected chi connectivity index (χ4v) is 2.25. The Morgan fingerprint density at radius 2 is 1.71 bits per heavy atom. The fourth-order valence-electron chi connectivity index (χ4n) is 2.25. The number of rotatable bonds is 10. The van der Waals surface area contributed by atoms with Crippen LogP contribution in [0.2, 0.25) is 0 Å². The summed E-state index contributed by atoms with van der Waals surface area (Å²) in [6.07, 6.45) is 4.33. The van der Waals surface area contributed by atoms with E-state index in [1.807, 2.05) is 0 Å². The van der Waals surface area contributed by atoms with E-state index in [1.54, 1.807) is 27.7 Å². The van der Waals surface area contributed by atoms with Gasteiger partial charge < -0.3 is 16.2 Å². The van der Waals surface area contributed by atoms with Crippen molar-refractivity contribution in [2.45, 2.75) is 72.3 Å². The van der Waals surface area contributed by atoms with Crippen molar-refractivity contribution in [3.63, 3.8) is 0 Å². The van der Waals surface area contributed by atoms with Gasteiger partial charge in [0.15, 0.2) is 0 Å². The molecule has 0 aliphatic heterocycles. The Bertz CT molecular complexity index is 345. The Morgan fingerprint density at radius 1 is 1.14 bits per heavy atom. The van der Waals surface area contributed by atoms with Gasteiger partial charge in [0, 0.05) is 12.0 Å². The number of carbonyl (C=O) groups excluding carboxylic acids is 1. The second-order valence-electron chi connectivity index (χ2n) is 6.87. The van der Waals surface area contributed by atoms with E-state index in [9.17, 15) is 14.7 Å². The number of aliphatic carboxylic acids is 1. The van der Waals surface area contributed by atoms with E-state index in [0.29, 0.717) is 18.9 Å². The third-order valence-electron chi connectivity index (χ3n) is 4.60. The maximum atomic E-state index is 12.1. The minimum absolute atomic E-state index is 0.0903. The predicted molar refractivity (Wildman–Crippen MR) is 84.9 cm³/mol. The number of hydrogen-bond acceptors (Lipinski definition) is 3. The molecule has 0 heterocycles. The summed E-state index contributed by atoms with van der Waals surface area (Å²) in [5.74, 6) is -0.534. The number of amides is 1. The zero-order valence-electron chi connectivity index (χ0n) is 14.2. The standard InChI is InChI=1S/C16H32N2O3/c1-6-7-12(10-11-17)8-9-13(19)18-16(4,5)15(2,3)14(20)21/h12H,6-11,17H2,1-5H3,(H,18,19)(H,20,21). The van der Waals surface area contributed by atoms with Crippen molar-refractivity contribution >= 4 is 11.9 Å². The van der Waals surface area contributed by atoms with Crippen LogP contribution in [0, 0.1) is 11.3 Å². The van der Waals surface area contributed by atoms with Gasteiger partial charge in [-0.1, -0.05) is 19.8 Å².